The van der Waals surface area contributed by atoms with Gasteiger partial charge in [-0.2, -0.15) is 0 Å². The molecule has 2 aromatic carbocycles. The Bertz CT molecular complexity index is 811. The molecule has 0 atom stereocenters. The van der Waals surface area contributed by atoms with Gasteiger partial charge in [0.1, 0.15) is 13.2 Å². The predicted molar refractivity (Wildman–Crippen MR) is 111 cm³/mol. The lowest BCUT2D eigenvalue weighted by atomic mass is 10.1. The van der Waals surface area contributed by atoms with Crippen molar-refractivity contribution in [2.45, 2.75) is 12.8 Å². The zero-order chi connectivity index (χ0) is 20.2. The van der Waals surface area contributed by atoms with Gasteiger partial charge in [-0.1, -0.05) is 36.1 Å². The first-order valence-electron chi connectivity index (χ1n) is 8.83. The van der Waals surface area contributed by atoms with E-state index < -0.39 is 0 Å². The van der Waals surface area contributed by atoms with Crippen LogP contribution < -0.4 is 18.9 Å². The molecule has 0 heterocycles. The summed E-state index contributed by atoms with van der Waals surface area (Å²) >= 11 is 0. The van der Waals surface area contributed by atoms with Crippen LogP contribution in [0.2, 0.25) is 0 Å². The fourth-order valence-electron chi connectivity index (χ4n) is 2.59. The molecule has 0 saturated heterocycles. The van der Waals surface area contributed by atoms with Crippen molar-refractivity contribution in [3.8, 4) is 47.7 Å². The van der Waals surface area contributed by atoms with Crippen LogP contribution in [0.4, 0.5) is 0 Å². The largest absolute Gasteiger partial charge is 0.493 e. The fourth-order valence-corrected chi connectivity index (χ4v) is 2.59. The van der Waals surface area contributed by atoms with Crippen LogP contribution in [0.3, 0.4) is 0 Å². The Morgan fingerprint density at radius 1 is 0.714 bits per heavy atom. The Kier molecular flexibility index (Phi) is 8.37. The monoisotopic (exact) mass is 376 g/mol. The van der Waals surface area contributed by atoms with Gasteiger partial charge in [-0.25, -0.2) is 0 Å². The highest BCUT2D eigenvalue weighted by atomic mass is 16.5. The molecule has 4 nitrogen and oxygen atoms in total. The third-order valence-corrected chi connectivity index (χ3v) is 3.95. The number of ether oxygens (including phenoxy) is 4. The summed E-state index contributed by atoms with van der Waals surface area (Å²) in [7, 11) is 3.23. The molecule has 4 heteroatoms. The highest BCUT2D eigenvalue weighted by molar-refractivity contribution is 5.44. The molecule has 0 aliphatic carbocycles. The minimum atomic E-state index is 0.214. The van der Waals surface area contributed by atoms with Crippen molar-refractivity contribution in [1.29, 1.82) is 0 Å². The minimum Gasteiger partial charge on any atom is -0.493 e. The highest BCUT2D eigenvalue weighted by Crippen LogP contribution is 2.29. The number of rotatable bonds is 10. The minimum absolute atomic E-state index is 0.214. The van der Waals surface area contributed by atoms with E-state index >= 15 is 0 Å². The summed E-state index contributed by atoms with van der Waals surface area (Å²) in [5.74, 6) is 7.53. The Balaban J connectivity index is 1.96. The normalized spacial score (nSPS) is 10.1. The average Bonchev–Trinajstić information content (AvgIpc) is 2.74. The van der Waals surface area contributed by atoms with Crippen LogP contribution in [-0.2, 0) is 12.8 Å². The molecule has 2 rings (SSSR count). The first kappa shape index (κ1) is 20.8. The lowest BCUT2D eigenvalue weighted by Gasteiger charge is -2.10. The van der Waals surface area contributed by atoms with Crippen LogP contribution in [0.1, 0.15) is 11.1 Å². The third kappa shape index (κ3) is 6.04. The molecular weight excluding hydrogens is 352 g/mol. The number of benzene rings is 2. The number of hydrogen-bond donors (Lipinski definition) is 0. The van der Waals surface area contributed by atoms with E-state index in [2.05, 4.69) is 24.0 Å². The second-order valence-electron chi connectivity index (χ2n) is 5.84. The standard InChI is InChI=1S/C24H24O4/c1-5-15-27-21-13-11-19(17-23(21)25-3)9-7-8-10-20-12-14-22(28-16-6-2)24(18-20)26-4/h1-2,7-8,11-14,17-18H,9-10,15-16H2,3-4H3/b8-7+. The first-order chi connectivity index (χ1) is 13.7. The Morgan fingerprint density at radius 2 is 1.14 bits per heavy atom. The maximum Gasteiger partial charge on any atom is 0.162 e. The summed E-state index contributed by atoms with van der Waals surface area (Å²) in [5, 5.41) is 0. The van der Waals surface area contributed by atoms with Gasteiger partial charge in [0, 0.05) is 0 Å². The Labute approximate surface area is 167 Å². The smallest absolute Gasteiger partial charge is 0.162 e. The van der Waals surface area contributed by atoms with E-state index in [-0.39, 0.29) is 13.2 Å². The van der Waals surface area contributed by atoms with Crippen LogP contribution in [-0.4, -0.2) is 27.4 Å². The molecule has 28 heavy (non-hydrogen) atoms. The van der Waals surface area contributed by atoms with Crippen molar-refractivity contribution >= 4 is 0 Å². The van der Waals surface area contributed by atoms with Crippen LogP contribution in [0.5, 0.6) is 23.0 Å². The summed E-state index contributed by atoms with van der Waals surface area (Å²) in [6, 6.07) is 11.7. The van der Waals surface area contributed by atoms with E-state index in [4.69, 9.17) is 31.8 Å². The van der Waals surface area contributed by atoms with E-state index in [9.17, 15) is 0 Å². The summed E-state index contributed by atoms with van der Waals surface area (Å²) < 4.78 is 21.7. The zero-order valence-electron chi connectivity index (χ0n) is 16.2. The molecule has 144 valence electrons. The molecule has 0 spiro atoms. The fraction of sp³-hybridized carbons (Fsp3) is 0.250. The zero-order valence-corrected chi connectivity index (χ0v) is 16.2. The van der Waals surface area contributed by atoms with Gasteiger partial charge in [-0.05, 0) is 48.2 Å². The van der Waals surface area contributed by atoms with E-state index in [0.29, 0.717) is 23.0 Å². The molecular formula is C24H24O4. The second-order valence-corrected chi connectivity index (χ2v) is 5.84. The molecule has 0 aliphatic heterocycles. The number of terminal acetylenes is 2. The maximum atomic E-state index is 5.46. The van der Waals surface area contributed by atoms with Crippen molar-refractivity contribution in [2.24, 2.45) is 0 Å². The molecule has 0 unspecified atom stereocenters. The third-order valence-electron chi connectivity index (χ3n) is 3.95. The van der Waals surface area contributed by atoms with Crippen molar-refractivity contribution in [3.63, 3.8) is 0 Å². The first-order valence-corrected chi connectivity index (χ1v) is 8.83. The SMILES string of the molecule is C#CCOc1ccc(C/C=C/Cc2ccc(OCC#C)c(OC)c2)cc1OC. The molecule has 0 aliphatic rings. The van der Waals surface area contributed by atoms with Crippen molar-refractivity contribution in [1.82, 2.24) is 0 Å². The van der Waals surface area contributed by atoms with Gasteiger partial charge in [0.15, 0.2) is 23.0 Å². The van der Waals surface area contributed by atoms with E-state index in [1.165, 1.54) is 0 Å². The molecule has 0 aromatic heterocycles. The number of hydrogen-bond acceptors (Lipinski definition) is 4. The van der Waals surface area contributed by atoms with Crippen molar-refractivity contribution in [2.75, 3.05) is 27.4 Å². The van der Waals surface area contributed by atoms with Gasteiger partial charge in [0.25, 0.3) is 0 Å². The van der Waals surface area contributed by atoms with Gasteiger partial charge in [-0.3, -0.25) is 0 Å². The van der Waals surface area contributed by atoms with Crippen molar-refractivity contribution in [3.05, 3.63) is 59.7 Å². The average molecular weight is 376 g/mol. The number of allylic oxidation sites excluding steroid dienone is 2. The van der Waals surface area contributed by atoms with Gasteiger partial charge in [0.2, 0.25) is 0 Å². The van der Waals surface area contributed by atoms with Gasteiger partial charge >= 0.3 is 0 Å². The molecule has 0 radical (unpaired) electrons. The molecule has 0 amide bonds. The van der Waals surface area contributed by atoms with Crippen molar-refractivity contribution < 1.29 is 18.9 Å². The maximum absolute atomic E-state index is 5.46. The molecule has 0 bridgehead atoms. The summed E-state index contributed by atoms with van der Waals surface area (Å²) in [5.41, 5.74) is 2.24. The lowest BCUT2D eigenvalue weighted by Crippen LogP contribution is -1.97. The van der Waals surface area contributed by atoms with Gasteiger partial charge < -0.3 is 18.9 Å². The van der Waals surface area contributed by atoms with Crippen LogP contribution >= 0.6 is 0 Å². The quantitative estimate of drug-likeness (QED) is 0.463. The molecule has 0 N–H and O–H groups in total. The van der Waals surface area contributed by atoms with E-state index in [1.807, 2.05) is 36.4 Å². The molecule has 0 fully saturated rings. The van der Waals surface area contributed by atoms with Crippen LogP contribution in [0, 0.1) is 24.7 Å². The van der Waals surface area contributed by atoms with Gasteiger partial charge in [-0.15, -0.1) is 12.8 Å². The van der Waals surface area contributed by atoms with E-state index in [1.54, 1.807) is 14.2 Å². The lowest BCUT2D eigenvalue weighted by molar-refractivity contribution is 0.330. The molecule has 0 saturated carbocycles. The van der Waals surface area contributed by atoms with Crippen LogP contribution in [0.25, 0.3) is 0 Å². The van der Waals surface area contributed by atoms with Crippen LogP contribution in [0.15, 0.2) is 48.6 Å². The summed E-state index contributed by atoms with van der Waals surface area (Å²) in [6.07, 6.45) is 16.3. The molecule has 2 aromatic rings. The number of methoxy groups -OCH3 is 2. The summed E-state index contributed by atoms with van der Waals surface area (Å²) in [6.45, 7) is 0.428. The second kappa shape index (κ2) is 11.3. The Morgan fingerprint density at radius 3 is 1.50 bits per heavy atom. The van der Waals surface area contributed by atoms with Gasteiger partial charge in [0.05, 0.1) is 14.2 Å². The summed E-state index contributed by atoms with van der Waals surface area (Å²) in [4.78, 5) is 0. The highest BCUT2D eigenvalue weighted by Gasteiger charge is 2.06. The topological polar surface area (TPSA) is 36.9 Å². The van der Waals surface area contributed by atoms with E-state index in [0.717, 1.165) is 24.0 Å². The predicted octanol–water partition coefficient (Wildman–Crippen LogP) is 4.07. The Hall–Kier alpha value is -3.50.